The van der Waals surface area contributed by atoms with E-state index in [0.29, 0.717) is 39.0 Å². The van der Waals surface area contributed by atoms with Gasteiger partial charge in [-0.2, -0.15) is 13.2 Å². The number of nitrogens with one attached hydrogen (secondary N) is 1. The molecule has 1 amide bonds. The fourth-order valence-corrected chi connectivity index (χ4v) is 10.3. The fourth-order valence-electron chi connectivity index (χ4n) is 6.92. The van der Waals surface area contributed by atoms with Gasteiger partial charge in [0.2, 0.25) is 0 Å². The maximum Gasteiger partial charge on any atom is 0.416 e. The molecule has 2 aliphatic rings. The number of rotatable bonds is 16. The van der Waals surface area contributed by atoms with Gasteiger partial charge in [-0.25, -0.2) is 25.6 Å². The van der Waals surface area contributed by atoms with Gasteiger partial charge in [0, 0.05) is 28.6 Å². The summed E-state index contributed by atoms with van der Waals surface area (Å²) in [5.41, 5.74) is 6.65. The largest absolute Gasteiger partial charge is 0.416 e. The number of hydrogen-bond acceptors (Lipinski definition) is 8. The van der Waals surface area contributed by atoms with Crippen molar-refractivity contribution in [2.24, 2.45) is 17.6 Å². The molecule has 0 radical (unpaired) electrons. The zero-order valence-corrected chi connectivity index (χ0v) is 34.0. The van der Waals surface area contributed by atoms with Crippen molar-refractivity contribution in [3.63, 3.8) is 0 Å². The van der Waals surface area contributed by atoms with Crippen LogP contribution in [0.5, 0.6) is 0 Å². The summed E-state index contributed by atoms with van der Waals surface area (Å²) in [6, 6.07) is 19.7. The lowest BCUT2D eigenvalue weighted by Gasteiger charge is -2.17. The van der Waals surface area contributed by atoms with E-state index in [9.17, 15) is 48.7 Å². The van der Waals surface area contributed by atoms with E-state index in [2.05, 4.69) is 5.32 Å². The van der Waals surface area contributed by atoms with Gasteiger partial charge in [0.1, 0.15) is 12.5 Å². The Labute approximate surface area is 345 Å². The monoisotopic (exact) mass is 875 g/mol. The lowest BCUT2D eigenvalue weighted by atomic mass is 10.0. The first-order valence-corrected chi connectivity index (χ1v) is 22.7. The number of hydrogen-bond donors (Lipinski definition) is 4. The number of aromatic nitrogens is 1. The van der Waals surface area contributed by atoms with Crippen LogP contribution in [0.15, 0.2) is 101 Å². The number of amides is 1. The Morgan fingerprint density at radius 3 is 1.85 bits per heavy atom. The van der Waals surface area contributed by atoms with Crippen molar-refractivity contribution in [3.05, 3.63) is 130 Å². The van der Waals surface area contributed by atoms with E-state index < -0.39 is 68.5 Å². The molecule has 322 valence electrons. The highest BCUT2D eigenvalue weighted by Gasteiger charge is 2.34. The van der Waals surface area contributed by atoms with Crippen LogP contribution in [0.1, 0.15) is 76.1 Å². The molecular weight excluding hydrogens is 830 g/mol. The van der Waals surface area contributed by atoms with Crippen LogP contribution in [0.4, 0.5) is 22.0 Å². The molecule has 2 saturated carbocycles. The van der Waals surface area contributed by atoms with Crippen molar-refractivity contribution in [1.82, 2.24) is 9.88 Å². The van der Waals surface area contributed by atoms with Gasteiger partial charge in [0.25, 0.3) is 5.91 Å². The van der Waals surface area contributed by atoms with E-state index >= 15 is 0 Å². The van der Waals surface area contributed by atoms with Crippen molar-refractivity contribution in [2.45, 2.75) is 66.7 Å². The number of carbonyl (C=O) groups is 1. The molecule has 17 heteroatoms. The molecule has 0 unspecified atom stereocenters. The number of sulfone groups is 2. The van der Waals surface area contributed by atoms with Crippen molar-refractivity contribution in [3.8, 4) is 0 Å². The average Bonchev–Trinajstić information content (AvgIpc) is 4.17. The van der Waals surface area contributed by atoms with E-state index in [1.54, 1.807) is 36.4 Å². The van der Waals surface area contributed by atoms with Gasteiger partial charge in [-0.3, -0.25) is 4.79 Å². The molecule has 2 fully saturated rings. The number of benzene rings is 4. The minimum Gasteiger partial charge on any atom is -0.394 e. The fraction of sp³-hybridized carbons (Fsp3) is 0.372. The number of aliphatic hydroxyl groups excluding tert-OH is 2. The van der Waals surface area contributed by atoms with Gasteiger partial charge >= 0.3 is 6.18 Å². The number of carbonyl (C=O) groups excluding carboxylic acids is 1. The summed E-state index contributed by atoms with van der Waals surface area (Å²) in [4.78, 5) is 13.7. The standard InChI is InChI=1S/C31H29F5N2O4S.C12H17NO3S/c32-11-12-38-25(14-21-3-7-24(33)16-27(21)31(34,35)36)15-23-13-22(6-10-29(23)38)30(40)37-28(17-39)20-4-8-26(9-5-20)43(41,42)18-19-1-2-19;13-12(7-14)10-3-5-11(6-4-10)17(15,16)8-9-1-2-9/h3-10,13,15-16,19,28,39H,1-2,11-12,14,17-18H2,(H,37,40);3-6,9,12,14H,1-2,7-8,13H2/t28-;12-/m00/s1. The van der Waals surface area contributed by atoms with Crippen molar-refractivity contribution < 1.29 is 53.8 Å². The Morgan fingerprint density at radius 1 is 0.783 bits per heavy atom. The normalized spacial score (nSPS) is 15.6. The Bertz CT molecular complexity index is 2520. The van der Waals surface area contributed by atoms with Crippen molar-refractivity contribution >= 4 is 36.5 Å². The molecule has 10 nitrogen and oxygen atoms in total. The molecule has 60 heavy (non-hydrogen) atoms. The van der Waals surface area contributed by atoms with Gasteiger partial charge in [-0.05, 0) is 115 Å². The Hall–Kier alpha value is -4.68. The van der Waals surface area contributed by atoms with Gasteiger partial charge in [-0.15, -0.1) is 0 Å². The summed E-state index contributed by atoms with van der Waals surface area (Å²) in [7, 11) is -6.57. The summed E-state index contributed by atoms with van der Waals surface area (Å²) in [5.74, 6) is -0.692. The lowest BCUT2D eigenvalue weighted by Crippen LogP contribution is -2.30. The van der Waals surface area contributed by atoms with Gasteiger partial charge < -0.3 is 25.8 Å². The minimum absolute atomic E-state index is 0.0944. The molecule has 2 aliphatic carbocycles. The summed E-state index contributed by atoms with van der Waals surface area (Å²) >= 11 is 0. The molecule has 2 atom stereocenters. The molecule has 0 aliphatic heterocycles. The smallest absolute Gasteiger partial charge is 0.394 e. The highest BCUT2D eigenvalue weighted by atomic mass is 32.2. The van der Waals surface area contributed by atoms with E-state index in [1.165, 1.54) is 41.0 Å². The van der Waals surface area contributed by atoms with Crippen LogP contribution in [0, 0.1) is 17.7 Å². The quantitative estimate of drug-likeness (QED) is 0.0780. The number of halogens is 5. The van der Waals surface area contributed by atoms with E-state index in [4.69, 9.17) is 10.8 Å². The van der Waals surface area contributed by atoms with E-state index in [-0.39, 0.29) is 53.0 Å². The summed E-state index contributed by atoms with van der Waals surface area (Å²) in [6.45, 7) is -1.52. The third kappa shape index (κ3) is 11.2. The molecule has 5 aromatic rings. The molecule has 1 aromatic heterocycles. The highest BCUT2D eigenvalue weighted by molar-refractivity contribution is 7.91. The van der Waals surface area contributed by atoms with Crippen molar-refractivity contribution in [1.29, 1.82) is 0 Å². The van der Waals surface area contributed by atoms with Crippen LogP contribution in [-0.4, -0.2) is 68.9 Å². The molecule has 4 aromatic carbocycles. The summed E-state index contributed by atoms with van der Waals surface area (Å²) in [5, 5.41) is 22.1. The molecule has 0 saturated heterocycles. The third-order valence-electron chi connectivity index (χ3n) is 10.6. The number of fused-ring (bicyclic) bond motifs is 1. The highest BCUT2D eigenvalue weighted by Crippen LogP contribution is 2.36. The average molecular weight is 876 g/mol. The first-order valence-electron chi connectivity index (χ1n) is 19.4. The Kier molecular flexibility index (Phi) is 13.8. The zero-order chi connectivity index (χ0) is 43.4. The van der Waals surface area contributed by atoms with Crippen LogP contribution < -0.4 is 11.1 Å². The van der Waals surface area contributed by atoms with Crippen LogP contribution in [-0.2, 0) is 38.8 Å². The van der Waals surface area contributed by atoms with Crippen LogP contribution in [0.2, 0.25) is 0 Å². The summed E-state index contributed by atoms with van der Waals surface area (Å²) in [6.07, 6.45) is -1.19. The van der Waals surface area contributed by atoms with E-state index in [0.717, 1.165) is 43.4 Å². The molecular formula is C43H46F5N3O7S2. The van der Waals surface area contributed by atoms with Gasteiger partial charge in [0.05, 0.1) is 58.7 Å². The topological polar surface area (TPSA) is 169 Å². The van der Waals surface area contributed by atoms with Gasteiger partial charge in [-0.1, -0.05) is 30.3 Å². The second kappa shape index (κ2) is 18.5. The zero-order valence-electron chi connectivity index (χ0n) is 32.4. The van der Waals surface area contributed by atoms with Gasteiger partial charge in [0.15, 0.2) is 19.7 Å². The van der Waals surface area contributed by atoms with Crippen LogP contribution in [0.3, 0.4) is 0 Å². The SMILES string of the molecule is N[C@@H](CO)c1ccc(S(=O)(=O)CC2CC2)cc1.O=C(N[C@@H](CO)c1ccc(S(=O)(=O)CC2CC2)cc1)c1ccc2c(c1)cc(Cc1ccc(F)cc1C(F)(F)F)n2CCF. The Morgan fingerprint density at radius 2 is 1.35 bits per heavy atom. The van der Waals surface area contributed by atoms with Crippen LogP contribution >= 0.6 is 0 Å². The number of nitrogens with zero attached hydrogens (tertiary/aromatic N) is 1. The molecule has 1 heterocycles. The second-order valence-electron chi connectivity index (χ2n) is 15.3. The van der Waals surface area contributed by atoms with Crippen LogP contribution in [0.25, 0.3) is 10.9 Å². The number of alkyl halides is 4. The number of nitrogens with two attached hydrogens (primary N) is 1. The predicted molar refractivity (Wildman–Crippen MR) is 216 cm³/mol. The lowest BCUT2D eigenvalue weighted by molar-refractivity contribution is -0.138. The first kappa shape index (κ1) is 44.9. The molecule has 0 bridgehead atoms. The molecule has 5 N–H and O–H groups in total. The number of aliphatic hydroxyl groups is 2. The van der Waals surface area contributed by atoms with E-state index in [1.807, 2.05) is 0 Å². The third-order valence-corrected chi connectivity index (χ3v) is 14.4. The second-order valence-corrected chi connectivity index (χ2v) is 19.4. The molecule has 0 spiro atoms. The maximum absolute atomic E-state index is 13.6. The van der Waals surface area contributed by atoms with Crippen molar-refractivity contribution in [2.75, 3.05) is 31.4 Å². The predicted octanol–water partition coefficient (Wildman–Crippen LogP) is 6.87. The first-order chi connectivity index (χ1) is 28.4. The Balaban J connectivity index is 0.000000296. The molecule has 7 rings (SSSR count). The maximum atomic E-state index is 13.6. The number of aryl methyl sites for hydroxylation is 1. The minimum atomic E-state index is -4.78. The summed E-state index contributed by atoms with van der Waals surface area (Å²) < 4.78 is 118.